The lowest BCUT2D eigenvalue weighted by Gasteiger charge is -2.35. The van der Waals surface area contributed by atoms with Crippen LogP contribution >= 0.6 is 0 Å². The van der Waals surface area contributed by atoms with Gasteiger partial charge >= 0.3 is 0 Å². The third kappa shape index (κ3) is 6.15. The summed E-state index contributed by atoms with van der Waals surface area (Å²) in [5, 5.41) is 3.08. The molecule has 0 aliphatic carbocycles. The molecule has 1 aromatic rings. The highest BCUT2D eigenvalue weighted by Crippen LogP contribution is 2.39. The molecule has 38 heavy (non-hydrogen) atoms. The lowest BCUT2D eigenvalue weighted by atomic mass is 9.97. The van der Waals surface area contributed by atoms with E-state index < -0.39 is 22.7 Å². The average Bonchev–Trinajstić information content (AvgIpc) is 3.24. The fourth-order valence-electron chi connectivity index (χ4n) is 5.44. The Morgan fingerprint density at radius 2 is 1.84 bits per heavy atom. The van der Waals surface area contributed by atoms with Crippen LogP contribution in [0.2, 0.25) is 0 Å². The summed E-state index contributed by atoms with van der Waals surface area (Å²) in [5.74, 6) is 0.421. The van der Waals surface area contributed by atoms with E-state index in [0.717, 1.165) is 18.5 Å². The van der Waals surface area contributed by atoms with Gasteiger partial charge in [0.25, 0.3) is 5.91 Å². The van der Waals surface area contributed by atoms with Crippen LogP contribution < -0.4 is 10.1 Å². The van der Waals surface area contributed by atoms with Crippen molar-refractivity contribution in [1.29, 1.82) is 0 Å². The van der Waals surface area contributed by atoms with Crippen molar-refractivity contribution in [1.82, 2.24) is 24.3 Å². The summed E-state index contributed by atoms with van der Waals surface area (Å²) in [6, 6.07) is 4.49. The van der Waals surface area contributed by atoms with Crippen molar-refractivity contribution in [2.75, 3.05) is 86.0 Å². The number of rotatable bonds is 12. The largest absolute Gasteiger partial charge is 0.494 e. The zero-order valence-corrected chi connectivity index (χ0v) is 23.4. The van der Waals surface area contributed by atoms with Gasteiger partial charge in [0.1, 0.15) is 18.1 Å². The van der Waals surface area contributed by atoms with E-state index >= 15 is 0 Å². The molecule has 1 fully saturated rings. The highest BCUT2D eigenvalue weighted by Gasteiger charge is 2.40. The third-order valence-corrected chi connectivity index (χ3v) is 9.10. The summed E-state index contributed by atoms with van der Waals surface area (Å²) >= 11 is 0. The van der Waals surface area contributed by atoms with Crippen molar-refractivity contribution in [2.24, 2.45) is 0 Å². The minimum Gasteiger partial charge on any atom is -0.494 e. The number of amides is 1. The van der Waals surface area contributed by atoms with Gasteiger partial charge in [0.05, 0.1) is 37.4 Å². The molecule has 4 rings (SSSR count). The van der Waals surface area contributed by atoms with Gasteiger partial charge in [-0.2, -0.15) is 4.31 Å². The predicted molar refractivity (Wildman–Crippen MR) is 142 cm³/mol. The van der Waals surface area contributed by atoms with Crippen LogP contribution in [0.1, 0.15) is 31.9 Å². The number of halogens is 1. The molecule has 1 saturated heterocycles. The first-order valence-electron chi connectivity index (χ1n) is 13.4. The number of likely N-dealkylation sites (N-methyl/N-ethyl adjacent to an activating group) is 1. The third-order valence-electron chi connectivity index (χ3n) is 7.21. The molecule has 212 valence electrons. The van der Waals surface area contributed by atoms with Crippen LogP contribution in [-0.4, -0.2) is 119 Å². The normalized spacial score (nSPS) is 21.6. The second-order valence-corrected chi connectivity index (χ2v) is 11.8. The van der Waals surface area contributed by atoms with E-state index in [1.165, 1.54) is 4.31 Å². The first-order chi connectivity index (χ1) is 18.3. The Kier molecular flexibility index (Phi) is 9.64. The van der Waals surface area contributed by atoms with Gasteiger partial charge in [0.15, 0.2) is 0 Å². The van der Waals surface area contributed by atoms with Crippen LogP contribution in [0.15, 0.2) is 34.4 Å². The summed E-state index contributed by atoms with van der Waals surface area (Å²) in [7, 11) is -1.84. The minimum atomic E-state index is -3.75. The van der Waals surface area contributed by atoms with Crippen molar-refractivity contribution in [3.05, 3.63) is 35.0 Å². The van der Waals surface area contributed by atoms with Gasteiger partial charge in [-0.25, -0.2) is 12.8 Å². The average molecular weight is 554 g/mol. The SMILES string of the molecule is CCCN1CC2=C(C(=O)NC2c2cc(S(=O)(=O)N3CCN(CCOCCF)CC3)ccc2OCC)N(C)C1. The van der Waals surface area contributed by atoms with E-state index in [1.54, 1.807) is 18.2 Å². The number of benzene rings is 1. The maximum Gasteiger partial charge on any atom is 0.268 e. The number of carbonyl (C=O) groups excluding carboxylic acids is 1. The van der Waals surface area contributed by atoms with Gasteiger partial charge in [-0.3, -0.25) is 14.6 Å². The number of alkyl halides is 1. The second kappa shape index (κ2) is 12.7. The van der Waals surface area contributed by atoms with E-state index in [-0.39, 0.29) is 17.4 Å². The topological polar surface area (TPSA) is 94.7 Å². The van der Waals surface area contributed by atoms with Crippen molar-refractivity contribution in [3.8, 4) is 5.75 Å². The Bertz CT molecular complexity index is 1120. The van der Waals surface area contributed by atoms with Gasteiger partial charge < -0.3 is 19.7 Å². The molecule has 3 heterocycles. The zero-order valence-electron chi connectivity index (χ0n) is 22.6. The zero-order chi connectivity index (χ0) is 27.3. The van der Waals surface area contributed by atoms with Crippen LogP contribution in [0.25, 0.3) is 0 Å². The van der Waals surface area contributed by atoms with Crippen LogP contribution in [0.4, 0.5) is 4.39 Å². The van der Waals surface area contributed by atoms with Crippen molar-refractivity contribution in [2.45, 2.75) is 31.2 Å². The molecule has 10 nitrogen and oxygen atoms in total. The number of hydrogen-bond acceptors (Lipinski definition) is 8. The number of sulfonamides is 1. The summed E-state index contributed by atoms with van der Waals surface area (Å²) in [6.45, 7) is 9.17. The number of nitrogens with one attached hydrogen (secondary N) is 1. The molecule has 0 saturated carbocycles. The molecule has 0 aromatic heterocycles. The van der Waals surface area contributed by atoms with Gasteiger partial charge in [-0.1, -0.05) is 6.92 Å². The van der Waals surface area contributed by atoms with Gasteiger partial charge in [0.2, 0.25) is 10.0 Å². The smallest absolute Gasteiger partial charge is 0.268 e. The minimum absolute atomic E-state index is 0.0845. The summed E-state index contributed by atoms with van der Waals surface area (Å²) in [6.07, 6.45) is 0.998. The van der Waals surface area contributed by atoms with E-state index in [9.17, 15) is 17.6 Å². The Morgan fingerprint density at radius 1 is 1.08 bits per heavy atom. The number of hydrogen-bond donors (Lipinski definition) is 1. The van der Waals surface area contributed by atoms with Crippen LogP contribution in [-0.2, 0) is 19.6 Å². The number of ether oxygens (including phenoxy) is 2. The van der Waals surface area contributed by atoms with E-state index in [4.69, 9.17) is 9.47 Å². The Labute approximate surface area is 225 Å². The van der Waals surface area contributed by atoms with Crippen molar-refractivity contribution in [3.63, 3.8) is 0 Å². The molecule has 0 bridgehead atoms. The van der Waals surface area contributed by atoms with Crippen LogP contribution in [0.5, 0.6) is 5.75 Å². The first kappa shape index (κ1) is 28.8. The highest BCUT2D eigenvalue weighted by molar-refractivity contribution is 7.89. The molecule has 1 amide bonds. The van der Waals surface area contributed by atoms with Gasteiger partial charge in [-0.05, 0) is 43.7 Å². The summed E-state index contributed by atoms with van der Waals surface area (Å²) in [5.41, 5.74) is 2.25. The first-order valence-corrected chi connectivity index (χ1v) is 14.8. The maximum atomic E-state index is 13.7. The van der Waals surface area contributed by atoms with Gasteiger partial charge in [0, 0.05) is 51.9 Å². The lowest BCUT2D eigenvalue weighted by molar-refractivity contribution is -0.118. The van der Waals surface area contributed by atoms with Crippen LogP contribution in [0, 0.1) is 0 Å². The maximum absolute atomic E-state index is 13.7. The summed E-state index contributed by atoms with van der Waals surface area (Å²) < 4.78 is 52.1. The quantitative estimate of drug-likeness (QED) is 0.389. The monoisotopic (exact) mass is 553 g/mol. The van der Waals surface area contributed by atoms with Crippen LogP contribution in [0.3, 0.4) is 0 Å². The van der Waals surface area contributed by atoms with Gasteiger partial charge in [-0.15, -0.1) is 0 Å². The molecular weight excluding hydrogens is 513 g/mol. The van der Waals surface area contributed by atoms with Crippen molar-refractivity contribution < 1.29 is 27.1 Å². The fourth-order valence-corrected chi connectivity index (χ4v) is 6.90. The number of carbonyl (C=O) groups is 1. The fraction of sp³-hybridized carbons (Fsp3) is 0.654. The lowest BCUT2D eigenvalue weighted by Crippen LogP contribution is -2.49. The Morgan fingerprint density at radius 3 is 2.53 bits per heavy atom. The molecule has 3 aliphatic rings. The molecule has 3 aliphatic heterocycles. The Balaban J connectivity index is 1.56. The Hall–Kier alpha value is -2.25. The molecule has 0 radical (unpaired) electrons. The number of piperazine rings is 1. The molecule has 1 N–H and O–H groups in total. The molecule has 1 unspecified atom stereocenters. The van der Waals surface area contributed by atoms with E-state index in [1.807, 2.05) is 18.9 Å². The summed E-state index contributed by atoms with van der Waals surface area (Å²) in [4.78, 5) is 19.5. The van der Waals surface area contributed by atoms with E-state index in [2.05, 4.69) is 22.0 Å². The molecular formula is C26H40FN5O5S. The molecule has 1 aromatic carbocycles. The highest BCUT2D eigenvalue weighted by atomic mass is 32.2. The second-order valence-electron chi connectivity index (χ2n) is 9.85. The number of nitrogens with zero attached hydrogens (tertiary/aromatic N) is 4. The molecule has 1 atom stereocenters. The molecule has 12 heteroatoms. The predicted octanol–water partition coefficient (Wildman–Crippen LogP) is 1.42. The molecule has 0 spiro atoms. The standard InChI is InChI=1S/C26H40FN5O5S/c1-4-9-31-18-22-24(28-26(33)25(22)29(3)19-31)21-17-20(6-7-23(21)37-5-2)38(34,35)32-12-10-30(11-13-32)14-16-36-15-8-27/h6-7,17,24H,4-5,8-16,18-19H2,1-3H3,(H,28,33). The van der Waals surface area contributed by atoms with E-state index in [0.29, 0.717) is 76.2 Å². The van der Waals surface area contributed by atoms with Crippen molar-refractivity contribution >= 4 is 15.9 Å².